The number of benzene rings is 1. The standard InChI is InChI=1S/C15H18N4O2S/c1-2-5-13-18-19-15(22-13)17-14(20)16-9-11-8-10-6-3-4-7-12(10)21-11/h3-4,6-7,11H,2,5,8-9H2,1H3,(H2,16,17,19,20)/t11-/m1/s1. The highest BCUT2D eigenvalue weighted by Gasteiger charge is 2.22. The van der Waals surface area contributed by atoms with E-state index in [1.807, 2.05) is 24.3 Å². The van der Waals surface area contributed by atoms with Crippen molar-refractivity contribution < 1.29 is 9.53 Å². The van der Waals surface area contributed by atoms with Gasteiger partial charge in [-0.05, 0) is 18.1 Å². The lowest BCUT2D eigenvalue weighted by Gasteiger charge is -2.11. The van der Waals surface area contributed by atoms with Gasteiger partial charge in [0.05, 0.1) is 6.54 Å². The third-order valence-corrected chi connectivity index (χ3v) is 4.25. The molecule has 0 bridgehead atoms. The minimum absolute atomic E-state index is 0.0202. The second kappa shape index (κ2) is 6.74. The Balaban J connectivity index is 1.45. The summed E-state index contributed by atoms with van der Waals surface area (Å²) in [6.45, 7) is 2.54. The van der Waals surface area contributed by atoms with Crippen molar-refractivity contribution in [2.75, 3.05) is 11.9 Å². The van der Waals surface area contributed by atoms with Crippen molar-refractivity contribution in [1.29, 1.82) is 0 Å². The van der Waals surface area contributed by atoms with E-state index in [0.29, 0.717) is 11.7 Å². The molecule has 3 rings (SSSR count). The number of hydrogen-bond acceptors (Lipinski definition) is 5. The lowest BCUT2D eigenvalue weighted by Crippen LogP contribution is -2.37. The Morgan fingerprint density at radius 2 is 2.27 bits per heavy atom. The fourth-order valence-electron chi connectivity index (χ4n) is 2.33. The molecule has 2 N–H and O–H groups in total. The molecule has 1 atom stereocenters. The molecule has 1 aliphatic rings. The number of ether oxygens (including phenoxy) is 1. The van der Waals surface area contributed by atoms with Gasteiger partial charge in [0.25, 0.3) is 0 Å². The Bertz CT molecular complexity index is 633. The van der Waals surface area contributed by atoms with E-state index in [1.165, 1.54) is 16.9 Å². The van der Waals surface area contributed by atoms with Crippen LogP contribution in [0.15, 0.2) is 24.3 Å². The van der Waals surface area contributed by atoms with Crippen LogP contribution < -0.4 is 15.4 Å². The van der Waals surface area contributed by atoms with E-state index in [4.69, 9.17) is 4.74 Å². The van der Waals surface area contributed by atoms with Crippen LogP contribution in [-0.4, -0.2) is 28.9 Å². The molecule has 0 saturated carbocycles. The quantitative estimate of drug-likeness (QED) is 0.888. The van der Waals surface area contributed by atoms with Crippen molar-refractivity contribution in [3.8, 4) is 5.75 Å². The number of urea groups is 1. The van der Waals surface area contributed by atoms with Crippen molar-refractivity contribution in [2.45, 2.75) is 32.3 Å². The molecule has 22 heavy (non-hydrogen) atoms. The first-order valence-corrected chi connectivity index (χ1v) is 8.18. The molecule has 1 aromatic heterocycles. The number of nitrogens with one attached hydrogen (secondary N) is 2. The number of rotatable bonds is 5. The average Bonchev–Trinajstić information content (AvgIpc) is 3.12. The van der Waals surface area contributed by atoms with Crippen LogP contribution in [0.2, 0.25) is 0 Å². The maximum Gasteiger partial charge on any atom is 0.321 e. The fraction of sp³-hybridized carbons (Fsp3) is 0.400. The van der Waals surface area contributed by atoms with Gasteiger partial charge in [-0.25, -0.2) is 4.79 Å². The van der Waals surface area contributed by atoms with Gasteiger partial charge >= 0.3 is 6.03 Å². The highest BCUT2D eigenvalue weighted by Crippen LogP contribution is 2.27. The smallest absolute Gasteiger partial charge is 0.321 e. The van der Waals surface area contributed by atoms with Crippen LogP contribution in [0, 0.1) is 0 Å². The summed E-state index contributed by atoms with van der Waals surface area (Å²) in [5.74, 6) is 0.906. The maximum atomic E-state index is 11.9. The highest BCUT2D eigenvalue weighted by molar-refractivity contribution is 7.15. The molecular formula is C15H18N4O2S. The van der Waals surface area contributed by atoms with Gasteiger partial charge in [-0.15, -0.1) is 10.2 Å². The zero-order valence-corrected chi connectivity index (χ0v) is 13.2. The van der Waals surface area contributed by atoms with Gasteiger partial charge < -0.3 is 10.1 Å². The number of amides is 2. The first kappa shape index (κ1) is 14.8. The van der Waals surface area contributed by atoms with Crippen molar-refractivity contribution in [3.05, 3.63) is 34.8 Å². The molecule has 2 heterocycles. The molecule has 6 nitrogen and oxygen atoms in total. The van der Waals surface area contributed by atoms with Gasteiger partial charge in [-0.3, -0.25) is 5.32 Å². The Morgan fingerprint density at radius 3 is 3.09 bits per heavy atom. The van der Waals surface area contributed by atoms with Crippen molar-refractivity contribution in [2.24, 2.45) is 0 Å². The molecule has 1 aromatic carbocycles. The zero-order valence-electron chi connectivity index (χ0n) is 12.3. The summed E-state index contributed by atoms with van der Waals surface area (Å²) in [4.78, 5) is 11.9. The van der Waals surface area contributed by atoms with Gasteiger partial charge in [0, 0.05) is 12.8 Å². The number of anilines is 1. The van der Waals surface area contributed by atoms with Crippen LogP contribution >= 0.6 is 11.3 Å². The van der Waals surface area contributed by atoms with E-state index in [9.17, 15) is 4.79 Å². The van der Waals surface area contributed by atoms with E-state index in [1.54, 1.807) is 0 Å². The van der Waals surface area contributed by atoms with Gasteiger partial charge in [0.15, 0.2) is 0 Å². The Morgan fingerprint density at radius 1 is 1.41 bits per heavy atom. The van der Waals surface area contributed by atoms with Gasteiger partial charge in [-0.2, -0.15) is 0 Å². The van der Waals surface area contributed by atoms with E-state index in [0.717, 1.165) is 30.0 Å². The number of para-hydroxylation sites is 1. The van der Waals surface area contributed by atoms with E-state index >= 15 is 0 Å². The third kappa shape index (κ3) is 3.54. The van der Waals surface area contributed by atoms with Crippen molar-refractivity contribution in [1.82, 2.24) is 15.5 Å². The average molecular weight is 318 g/mol. The predicted octanol–water partition coefficient (Wildman–Crippen LogP) is 2.62. The summed E-state index contributed by atoms with van der Waals surface area (Å²) < 4.78 is 5.78. The molecule has 2 amide bonds. The topological polar surface area (TPSA) is 76.1 Å². The summed E-state index contributed by atoms with van der Waals surface area (Å²) >= 11 is 1.41. The molecule has 116 valence electrons. The van der Waals surface area contributed by atoms with Gasteiger partial charge in [0.1, 0.15) is 16.9 Å². The Kier molecular flexibility index (Phi) is 4.53. The molecule has 7 heteroatoms. The monoisotopic (exact) mass is 318 g/mol. The summed E-state index contributed by atoms with van der Waals surface area (Å²) in [6, 6.07) is 7.66. The lowest BCUT2D eigenvalue weighted by atomic mass is 10.1. The van der Waals surface area contributed by atoms with E-state index in [2.05, 4.69) is 27.8 Å². The number of carbonyl (C=O) groups excluding carboxylic acids is 1. The Hall–Kier alpha value is -2.15. The van der Waals surface area contributed by atoms with Crippen LogP contribution in [0.3, 0.4) is 0 Å². The molecule has 0 fully saturated rings. The molecule has 0 spiro atoms. The molecular weight excluding hydrogens is 300 g/mol. The molecule has 0 unspecified atom stereocenters. The first-order chi connectivity index (χ1) is 10.7. The van der Waals surface area contributed by atoms with Crippen LogP contribution in [-0.2, 0) is 12.8 Å². The number of fused-ring (bicyclic) bond motifs is 1. The summed E-state index contributed by atoms with van der Waals surface area (Å²) in [7, 11) is 0. The van der Waals surface area contributed by atoms with E-state index in [-0.39, 0.29) is 12.1 Å². The molecule has 1 aliphatic heterocycles. The SMILES string of the molecule is CCCc1nnc(NC(=O)NC[C@H]2Cc3ccccc3O2)s1. The minimum atomic E-state index is -0.279. The number of carbonyl (C=O) groups is 1. The number of nitrogens with zero attached hydrogens (tertiary/aromatic N) is 2. The molecule has 0 saturated heterocycles. The van der Waals surface area contributed by atoms with Crippen LogP contribution in [0.25, 0.3) is 0 Å². The normalized spacial score (nSPS) is 16.0. The van der Waals surface area contributed by atoms with Crippen molar-refractivity contribution >= 4 is 22.5 Å². The van der Waals surface area contributed by atoms with Crippen LogP contribution in [0.4, 0.5) is 9.93 Å². The number of hydrogen-bond donors (Lipinski definition) is 2. The van der Waals surface area contributed by atoms with Gasteiger partial charge in [0.2, 0.25) is 5.13 Å². The molecule has 0 aliphatic carbocycles. The zero-order chi connectivity index (χ0) is 15.4. The maximum absolute atomic E-state index is 11.9. The minimum Gasteiger partial charge on any atom is -0.488 e. The third-order valence-electron chi connectivity index (χ3n) is 3.36. The predicted molar refractivity (Wildman–Crippen MR) is 85.5 cm³/mol. The summed E-state index contributed by atoms with van der Waals surface area (Å²) in [6.07, 6.45) is 2.69. The largest absolute Gasteiger partial charge is 0.488 e. The molecule has 2 aromatic rings. The lowest BCUT2D eigenvalue weighted by molar-refractivity contribution is 0.219. The number of aromatic nitrogens is 2. The fourth-order valence-corrected chi connectivity index (χ4v) is 3.17. The van der Waals surface area contributed by atoms with Crippen molar-refractivity contribution in [3.63, 3.8) is 0 Å². The van der Waals surface area contributed by atoms with Crippen LogP contribution in [0.1, 0.15) is 23.9 Å². The van der Waals surface area contributed by atoms with Crippen LogP contribution in [0.5, 0.6) is 5.75 Å². The first-order valence-electron chi connectivity index (χ1n) is 7.36. The Labute approximate surface area is 132 Å². The number of aryl methyl sites for hydroxylation is 1. The summed E-state index contributed by atoms with van der Waals surface area (Å²) in [5, 5.41) is 15.0. The highest BCUT2D eigenvalue weighted by atomic mass is 32.1. The van der Waals surface area contributed by atoms with Gasteiger partial charge in [-0.1, -0.05) is 36.5 Å². The second-order valence-electron chi connectivity index (χ2n) is 5.14. The second-order valence-corrected chi connectivity index (χ2v) is 6.20. The van der Waals surface area contributed by atoms with E-state index < -0.39 is 0 Å². The summed E-state index contributed by atoms with van der Waals surface area (Å²) in [5.41, 5.74) is 1.18. The molecule has 0 radical (unpaired) electrons.